The highest BCUT2D eigenvalue weighted by molar-refractivity contribution is 5.96. The van der Waals surface area contributed by atoms with Crippen molar-refractivity contribution in [2.24, 2.45) is 22.1 Å². The van der Waals surface area contributed by atoms with Crippen LogP contribution < -0.4 is 15.8 Å². The van der Waals surface area contributed by atoms with Crippen LogP contribution in [0.3, 0.4) is 0 Å². The Morgan fingerprint density at radius 3 is 2.62 bits per heavy atom. The van der Waals surface area contributed by atoms with Gasteiger partial charge in [0.2, 0.25) is 5.88 Å². The summed E-state index contributed by atoms with van der Waals surface area (Å²) in [5.74, 6) is 1.35. The first-order chi connectivity index (χ1) is 16.1. The van der Waals surface area contributed by atoms with E-state index in [0.29, 0.717) is 61.8 Å². The summed E-state index contributed by atoms with van der Waals surface area (Å²) < 4.78 is 11.1. The van der Waals surface area contributed by atoms with Gasteiger partial charge in [-0.2, -0.15) is 4.99 Å². The highest BCUT2D eigenvalue weighted by Gasteiger charge is 2.24. The molecule has 34 heavy (non-hydrogen) atoms. The van der Waals surface area contributed by atoms with Crippen LogP contribution in [-0.2, 0) is 4.74 Å². The van der Waals surface area contributed by atoms with E-state index >= 15 is 0 Å². The lowest BCUT2D eigenvalue weighted by atomic mass is 9.92. The van der Waals surface area contributed by atoms with Crippen LogP contribution in [0.5, 0.6) is 5.88 Å². The number of rotatable bonds is 7. The molecule has 0 aromatic carbocycles. The first-order valence-corrected chi connectivity index (χ1v) is 12.3. The number of amides is 3. The minimum atomic E-state index is -0.307. The second kappa shape index (κ2) is 11.6. The molecule has 1 aromatic rings. The van der Waals surface area contributed by atoms with Crippen molar-refractivity contribution < 1.29 is 19.1 Å². The van der Waals surface area contributed by atoms with Gasteiger partial charge in [-0.15, -0.1) is 0 Å². The molecule has 0 spiro atoms. The van der Waals surface area contributed by atoms with Crippen molar-refractivity contribution in [3.8, 4) is 5.88 Å². The summed E-state index contributed by atoms with van der Waals surface area (Å²) >= 11 is 0. The number of nitrogens with two attached hydrogens (primary N) is 1. The largest absolute Gasteiger partial charge is 0.478 e. The van der Waals surface area contributed by atoms with Gasteiger partial charge >= 0.3 is 6.03 Å². The number of carbonyl (C=O) groups is 2. The van der Waals surface area contributed by atoms with Crippen molar-refractivity contribution in [2.75, 3.05) is 32.9 Å². The number of aliphatic imine (C=N–C) groups is 1. The maximum absolute atomic E-state index is 12.4. The number of hydrogen-bond acceptors (Lipinski definition) is 5. The van der Waals surface area contributed by atoms with Gasteiger partial charge in [0, 0.05) is 31.2 Å². The summed E-state index contributed by atoms with van der Waals surface area (Å²) in [6.07, 6.45) is 4.72. The number of likely N-dealkylation sites (tertiary alicyclic amines) is 1. The second-order valence-electron chi connectivity index (χ2n) is 10.3. The average Bonchev–Trinajstić information content (AvgIpc) is 3.29. The van der Waals surface area contributed by atoms with E-state index in [1.165, 1.54) is 0 Å². The van der Waals surface area contributed by atoms with Crippen LogP contribution in [0.25, 0.3) is 0 Å². The summed E-state index contributed by atoms with van der Waals surface area (Å²) in [5.41, 5.74) is 6.85. The van der Waals surface area contributed by atoms with E-state index < -0.39 is 0 Å². The van der Waals surface area contributed by atoms with Crippen LogP contribution in [0, 0.1) is 18.3 Å². The predicted molar refractivity (Wildman–Crippen MR) is 131 cm³/mol. The fourth-order valence-electron chi connectivity index (χ4n) is 4.07. The maximum atomic E-state index is 12.4. The molecule has 0 unspecified atom stereocenters. The molecule has 3 rings (SSSR count). The first kappa shape index (κ1) is 25.9. The molecule has 9 nitrogen and oxygen atoms in total. The van der Waals surface area contributed by atoms with Gasteiger partial charge in [-0.3, -0.25) is 4.79 Å². The molecule has 3 N–H and O–H groups in total. The van der Waals surface area contributed by atoms with E-state index in [2.05, 4.69) is 15.3 Å². The Kier molecular flexibility index (Phi) is 8.88. The second-order valence-corrected chi connectivity index (χ2v) is 10.3. The molecule has 3 amide bonds. The number of aryl methyl sites for hydroxylation is 1. The Morgan fingerprint density at radius 1 is 1.26 bits per heavy atom. The fraction of sp³-hybridized carbons (Fsp3) is 0.680. The SMILES string of the molecule is Cc1nc(OCCCC2CCN(C(=O)/N=C(\N)C(C)(C)C)CC2)ccc1C(=O)N[C@@H]1CCOC1. The average molecular weight is 474 g/mol. The number of aromatic nitrogens is 1. The molecule has 2 aliphatic rings. The lowest BCUT2D eigenvalue weighted by Crippen LogP contribution is -2.39. The number of hydrogen-bond donors (Lipinski definition) is 2. The molecule has 1 atom stereocenters. The lowest BCUT2D eigenvalue weighted by molar-refractivity contribution is 0.0928. The van der Waals surface area contributed by atoms with E-state index in [9.17, 15) is 9.59 Å². The summed E-state index contributed by atoms with van der Waals surface area (Å²) in [6, 6.07) is 3.36. The fourth-order valence-corrected chi connectivity index (χ4v) is 4.07. The van der Waals surface area contributed by atoms with Crippen molar-refractivity contribution in [1.29, 1.82) is 0 Å². The number of amidine groups is 1. The maximum Gasteiger partial charge on any atom is 0.345 e. The zero-order valence-electron chi connectivity index (χ0n) is 20.9. The molecule has 0 radical (unpaired) electrons. The van der Waals surface area contributed by atoms with E-state index in [4.69, 9.17) is 15.2 Å². The molecular weight excluding hydrogens is 434 g/mol. The Labute approximate surface area is 202 Å². The molecular formula is C25H39N5O4. The molecule has 2 saturated heterocycles. The monoisotopic (exact) mass is 473 g/mol. The van der Waals surface area contributed by atoms with Gasteiger partial charge in [-0.05, 0) is 51.0 Å². The number of urea groups is 1. The topological polar surface area (TPSA) is 119 Å². The Bertz CT molecular complexity index is 882. The van der Waals surface area contributed by atoms with Crippen molar-refractivity contribution in [1.82, 2.24) is 15.2 Å². The zero-order valence-corrected chi connectivity index (χ0v) is 20.9. The zero-order chi connectivity index (χ0) is 24.7. The summed E-state index contributed by atoms with van der Waals surface area (Å²) in [6.45, 7) is 10.9. The van der Waals surface area contributed by atoms with Gasteiger partial charge < -0.3 is 25.4 Å². The summed E-state index contributed by atoms with van der Waals surface area (Å²) in [7, 11) is 0. The third-order valence-corrected chi connectivity index (χ3v) is 6.45. The van der Waals surface area contributed by atoms with Crippen LogP contribution >= 0.6 is 0 Å². The number of piperidine rings is 1. The normalized spacial score (nSPS) is 19.8. The molecule has 1 aromatic heterocycles. The Hall–Kier alpha value is -2.68. The van der Waals surface area contributed by atoms with Gasteiger partial charge in [0.25, 0.3) is 5.91 Å². The molecule has 2 aliphatic heterocycles. The standard InChI is InChI=1S/C25H39N5O4/c1-17-20(22(31)28-19-11-15-33-16-19)7-8-21(27-17)34-14-5-6-18-9-12-30(13-10-18)24(32)29-23(26)25(2,3)4/h7-8,18-19H,5-6,9-16H2,1-4H3,(H,28,31)(H2,26,29,32)/t19-/m1/s1. The van der Waals surface area contributed by atoms with E-state index in [1.54, 1.807) is 17.0 Å². The first-order valence-electron chi connectivity index (χ1n) is 12.3. The molecule has 0 bridgehead atoms. The third kappa shape index (κ3) is 7.41. The van der Waals surface area contributed by atoms with Crippen molar-refractivity contribution in [3.63, 3.8) is 0 Å². The Morgan fingerprint density at radius 2 is 2.00 bits per heavy atom. The van der Waals surface area contributed by atoms with Crippen molar-refractivity contribution in [3.05, 3.63) is 23.4 Å². The van der Waals surface area contributed by atoms with Gasteiger partial charge in [-0.25, -0.2) is 9.78 Å². The number of carbonyl (C=O) groups excluding carboxylic acids is 2. The molecule has 0 aliphatic carbocycles. The lowest BCUT2D eigenvalue weighted by Gasteiger charge is -2.31. The molecule has 3 heterocycles. The van der Waals surface area contributed by atoms with Crippen molar-refractivity contribution >= 4 is 17.8 Å². The molecule has 2 fully saturated rings. The smallest absolute Gasteiger partial charge is 0.345 e. The van der Waals surface area contributed by atoms with Gasteiger partial charge in [0.1, 0.15) is 5.84 Å². The molecule has 0 saturated carbocycles. The Balaban J connectivity index is 1.36. The quantitative estimate of drug-likeness (QED) is 0.356. The van der Waals surface area contributed by atoms with Crippen LogP contribution in [-0.4, -0.2) is 66.6 Å². The minimum absolute atomic E-state index is 0.0714. The minimum Gasteiger partial charge on any atom is -0.478 e. The number of nitrogens with zero attached hydrogens (tertiary/aromatic N) is 3. The van der Waals surface area contributed by atoms with Gasteiger partial charge in [0.15, 0.2) is 0 Å². The number of pyridine rings is 1. The van der Waals surface area contributed by atoms with E-state index in [1.807, 2.05) is 27.7 Å². The highest BCUT2D eigenvalue weighted by Crippen LogP contribution is 2.23. The predicted octanol–water partition coefficient (Wildman–Crippen LogP) is 3.30. The van der Waals surface area contributed by atoms with Gasteiger partial charge in [0.05, 0.1) is 30.5 Å². The molecule has 9 heteroatoms. The molecule has 188 valence electrons. The van der Waals surface area contributed by atoms with E-state index in [-0.39, 0.29) is 23.4 Å². The van der Waals surface area contributed by atoms with Crippen molar-refractivity contribution in [2.45, 2.75) is 65.8 Å². The van der Waals surface area contributed by atoms with Crippen LogP contribution in [0.4, 0.5) is 4.79 Å². The highest BCUT2D eigenvalue weighted by atomic mass is 16.5. The van der Waals surface area contributed by atoms with Gasteiger partial charge in [-0.1, -0.05) is 20.8 Å². The summed E-state index contributed by atoms with van der Waals surface area (Å²) in [5, 5.41) is 2.99. The third-order valence-electron chi connectivity index (χ3n) is 6.45. The number of nitrogens with one attached hydrogen (secondary N) is 1. The summed E-state index contributed by atoms with van der Waals surface area (Å²) in [4.78, 5) is 35.1. The van der Waals surface area contributed by atoms with Crippen LogP contribution in [0.2, 0.25) is 0 Å². The number of ether oxygens (including phenoxy) is 2. The van der Waals surface area contributed by atoms with Crippen LogP contribution in [0.15, 0.2) is 17.1 Å². The van der Waals surface area contributed by atoms with E-state index in [0.717, 1.165) is 32.1 Å². The van der Waals surface area contributed by atoms with Crippen LogP contribution in [0.1, 0.15) is 68.9 Å².